The van der Waals surface area contributed by atoms with Crippen molar-refractivity contribution in [1.29, 1.82) is 0 Å². The van der Waals surface area contributed by atoms with E-state index in [9.17, 15) is 4.39 Å². The second-order valence-corrected chi connectivity index (χ2v) is 6.61. The molecule has 8 heteroatoms. The molecule has 0 aliphatic heterocycles. The van der Waals surface area contributed by atoms with Crippen LogP contribution in [0.2, 0.25) is 0 Å². The maximum Gasteiger partial charge on any atom is 0.193 e. The zero-order chi connectivity index (χ0) is 17.5. The van der Waals surface area contributed by atoms with E-state index in [1.165, 1.54) is 6.07 Å². The van der Waals surface area contributed by atoms with E-state index < -0.39 is 0 Å². The summed E-state index contributed by atoms with van der Waals surface area (Å²) in [6.07, 6.45) is 5.36. The van der Waals surface area contributed by atoms with Gasteiger partial charge in [-0.2, -0.15) is 5.10 Å². The van der Waals surface area contributed by atoms with Crippen molar-refractivity contribution in [3.05, 3.63) is 52.0 Å². The highest BCUT2D eigenvalue weighted by atomic mass is 127. The summed E-state index contributed by atoms with van der Waals surface area (Å²) < 4.78 is 16.3. The third-order valence-corrected chi connectivity index (χ3v) is 4.17. The monoisotopic (exact) mass is 523 g/mol. The van der Waals surface area contributed by atoms with Gasteiger partial charge in [-0.15, -0.1) is 24.0 Å². The van der Waals surface area contributed by atoms with E-state index in [1.807, 2.05) is 43.5 Å². The lowest BCUT2D eigenvalue weighted by atomic mass is 10.1. The second-order valence-electron chi connectivity index (χ2n) is 5.69. The van der Waals surface area contributed by atoms with Gasteiger partial charge in [-0.3, -0.25) is 9.67 Å². The molecular weight excluding hydrogens is 500 g/mol. The predicted molar refractivity (Wildman–Crippen MR) is 114 cm³/mol. The lowest BCUT2D eigenvalue weighted by Crippen LogP contribution is -2.38. The Morgan fingerprint density at radius 2 is 2.20 bits per heavy atom. The number of aliphatic imine (C=N–C) groups is 1. The molecule has 0 atom stereocenters. The fourth-order valence-electron chi connectivity index (χ4n) is 2.49. The molecule has 138 valence electrons. The molecule has 5 nitrogen and oxygen atoms in total. The fourth-order valence-corrected chi connectivity index (χ4v) is 2.82. The Morgan fingerprint density at radius 1 is 1.44 bits per heavy atom. The second kappa shape index (κ2) is 10.7. The minimum Gasteiger partial charge on any atom is -0.356 e. The van der Waals surface area contributed by atoms with Crippen LogP contribution in [0.15, 0.2) is 40.1 Å². The molecule has 0 bridgehead atoms. The molecule has 2 rings (SSSR count). The highest BCUT2D eigenvalue weighted by molar-refractivity contribution is 14.0. The largest absolute Gasteiger partial charge is 0.356 e. The van der Waals surface area contributed by atoms with E-state index >= 15 is 0 Å². The van der Waals surface area contributed by atoms with Crippen molar-refractivity contribution >= 4 is 45.9 Å². The molecule has 0 saturated carbocycles. The Hall–Kier alpha value is -1.16. The zero-order valence-corrected chi connectivity index (χ0v) is 18.6. The first-order valence-corrected chi connectivity index (χ1v) is 8.62. The van der Waals surface area contributed by atoms with Gasteiger partial charge in [0.25, 0.3) is 0 Å². The van der Waals surface area contributed by atoms with Gasteiger partial charge in [0.05, 0.1) is 6.20 Å². The molecule has 0 radical (unpaired) electrons. The van der Waals surface area contributed by atoms with E-state index in [-0.39, 0.29) is 29.8 Å². The molecule has 0 aliphatic rings. The number of guanidine groups is 1. The normalized spacial score (nSPS) is 11.2. The van der Waals surface area contributed by atoms with E-state index in [2.05, 4.69) is 31.3 Å². The highest BCUT2D eigenvalue weighted by Gasteiger charge is 2.08. The fraction of sp³-hybridized carbons (Fsp3) is 0.412. The molecule has 0 unspecified atom stereocenters. The van der Waals surface area contributed by atoms with Crippen LogP contribution < -0.4 is 5.32 Å². The average molecular weight is 524 g/mol. The number of benzene rings is 1. The van der Waals surface area contributed by atoms with Gasteiger partial charge in [-0.1, -0.05) is 22.0 Å². The molecule has 25 heavy (non-hydrogen) atoms. The summed E-state index contributed by atoms with van der Waals surface area (Å²) in [5, 5.41) is 7.48. The molecule has 1 heterocycles. The number of nitrogens with one attached hydrogen (secondary N) is 1. The summed E-state index contributed by atoms with van der Waals surface area (Å²) in [6.45, 7) is 1.47. The minimum absolute atomic E-state index is 0. The molecule has 2 aromatic rings. The van der Waals surface area contributed by atoms with E-state index in [1.54, 1.807) is 11.7 Å². The quantitative estimate of drug-likeness (QED) is 0.272. The van der Waals surface area contributed by atoms with Gasteiger partial charge in [0.2, 0.25) is 0 Å². The molecule has 1 aromatic carbocycles. The Kier molecular flexibility index (Phi) is 9.41. The first-order valence-electron chi connectivity index (χ1n) is 7.83. The lowest BCUT2D eigenvalue weighted by Gasteiger charge is -2.21. The maximum atomic E-state index is 13.8. The number of aromatic nitrogens is 2. The molecule has 0 saturated heterocycles. The van der Waals surface area contributed by atoms with Crippen molar-refractivity contribution in [2.24, 2.45) is 12.0 Å². The number of rotatable bonds is 6. The van der Waals surface area contributed by atoms with Crippen LogP contribution in [0.4, 0.5) is 4.39 Å². The Balaban J connectivity index is 0.00000312. The molecule has 1 N–H and O–H groups in total. The Bertz CT molecular complexity index is 704. The van der Waals surface area contributed by atoms with Crippen LogP contribution in [0, 0.1) is 5.82 Å². The summed E-state index contributed by atoms with van der Waals surface area (Å²) in [5.41, 5.74) is 1.86. The molecule has 1 aromatic heterocycles. The lowest BCUT2D eigenvalue weighted by molar-refractivity contribution is 0.475. The summed E-state index contributed by atoms with van der Waals surface area (Å²) in [4.78, 5) is 6.33. The summed E-state index contributed by atoms with van der Waals surface area (Å²) in [6, 6.07) is 5.19. The maximum absolute atomic E-state index is 13.8. The van der Waals surface area contributed by atoms with Crippen LogP contribution in [-0.2, 0) is 20.0 Å². The Labute approximate surface area is 173 Å². The van der Waals surface area contributed by atoms with Gasteiger partial charge in [0.1, 0.15) is 5.82 Å². The molecule has 0 spiro atoms. The number of aryl methyl sites for hydroxylation is 2. The third-order valence-electron chi connectivity index (χ3n) is 3.67. The SMILES string of the molecule is CN=C(NCCCc1ccc(Br)cc1F)N(C)Cc1cnn(C)c1.I. The van der Waals surface area contributed by atoms with Crippen LogP contribution in [0.25, 0.3) is 0 Å². The van der Waals surface area contributed by atoms with Gasteiger partial charge in [-0.05, 0) is 30.5 Å². The molecule has 0 fully saturated rings. The molecule has 0 amide bonds. The van der Waals surface area contributed by atoms with Gasteiger partial charge in [-0.25, -0.2) is 4.39 Å². The summed E-state index contributed by atoms with van der Waals surface area (Å²) >= 11 is 3.27. The van der Waals surface area contributed by atoms with Crippen LogP contribution >= 0.6 is 39.9 Å². The first kappa shape index (κ1) is 21.9. The van der Waals surface area contributed by atoms with E-state index in [0.29, 0.717) is 6.42 Å². The average Bonchev–Trinajstić information content (AvgIpc) is 2.94. The number of nitrogens with zero attached hydrogens (tertiary/aromatic N) is 4. The van der Waals surface area contributed by atoms with Crippen LogP contribution in [-0.4, -0.2) is 41.3 Å². The van der Waals surface area contributed by atoms with Crippen LogP contribution in [0.3, 0.4) is 0 Å². The van der Waals surface area contributed by atoms with Crippen molar-refractivity contribution in [2.45, 2.75) is 19.4 Å². The first-order chi connectivity index (χ1) is 11.5. The van der Waals surface area contributed by atoms with Crippen molar-refractivity contribution in [2.75, 3.05) is 20.6 Å². The standard InChI is InChI=1S/C17H23BrFN5.HI/c1-20-17(23(2)11-13-10-22-24(3)12-13)21-8-4-5-14-6-7-15(18)9-16(14)19;/h6-7,9-10,12H,4-5,8,11H2,1-3H3,(H,20,21);1H. The van der Waals surface area contributed by atoms with Gasteiger partial charge in [0.15, 0.2) is 5.96 Å². The summed E-state index contributed by atoms with van der Waals surface area (Å²) in [5.74, 6) is 0.651. The van der Waals surface area contributed by atoms with Gasteiger partial charge < -0.3 is 10.2 Å². The number of hydrogen-bond donors (Lipinski definition) is 1. The minimum atomic E-state index is -0.164. The van der Waals surface area contributed by atoms with E-state index in [0.717, 1.165) is 41.1 Å². The van der Waals surface area contributed by atoms with Crippen molar-refractivity contribution in [1.82, 2.24) is 20.0 Å². The Morgan fingerprint density at radius 3 is 2.80 bits per heavy atom. The van der Waals surface area contributed by atoms with Crippen molar-refractivity contribution in [3.63, 3.8) is 0 Å². The van der Waals surface area contributed by atoms with Crippen LogP contribution in [0.1, 0.15) is 17.5 Å². The third kappa shape index (κ3) is 6.93. The smallest absolute Gasteiger partial charge is 0.193 e. The van der Waals surface area contributed by atoms with Crippen molar-refractivity contribution < 1.29 is 4.39 Å². The van der Waals surface area contributed by atoms with Crippen molar-refractivity contribution in [3.8, 4) is 0 Å². The zero-order valence-electron chi connectivity index (χ0n) is 14.7. The van der Waals surface area contributed by atoms with Gasteiger partial charge in [0, 0.05) is 50.5 Å². The number of hydrogen-bond acceptors (Lipinski definition) is 2. The van der Waals surface area contributed by atoms with Crippen LogP contribution in [0.5, 0.6) is 0 Å². The number of halogens is 3. The topological polar surface area (TPSA) is 45.5 Å². The highest BCUT2D eigenvalue weighted by Crippen LogP contribution is 2.16. The summed E-state index contributed by atoms with van der Waals surface area (Å²) in [7, 11) is 5.64. The molecule has 0 aliphatic carbocycles. The predicted octanol–water partition coefficient (Wildman–Crippen LogP) is 3.58. The van der Waals surface area contributed by atoms with E-state index in [4.69, 9.17) is 0 Å². The molecular formula is C17H24BrFIN5. The van der Waals surface area contributed by atoms with Gasteiger partial charge >= 0.3 is 0 Å².